The van der Waals surface area contributed by atoms with Gasteiger partial charge in [-0.1, -0.05) is 24.3 Å². The molecule has 2 aromatic rings. The molecule has 0 bridgehead atoms. The van der Waals surface area contributed by atoms with E-state index in [0.717, 1.165) is 23.9 Å². The fourth-order valence-electron chi connectivity index (χ4n) is 4.07. The van der Waals surface area contributed by atoms with E-state index in [9.17, 15) is 9.59 Å². The van der Waals surface area contributed by atoms with Crippen LogP contribution in [0.4, 0.5) is 0 Å². The smallest absolute Gasteiger partial charge is 0.336 e. The molecule has 2 aliphatic rings. The van der Waals surface area contributed by atoms with Crippen molar-refractivity contribution in [2.75, 3.05) is 13.1 Å². The number of nitrogens with zero attached hydrogens (tertiary/aromatic N) is 3. The van der Waals surface area contributed by atoms with Crippen molar-refractivity contribution in [1.29, 1.82) is 0 Å². The van der Waals surface area contributed by atoms with Crippen molar-refractivity contribution >= 4 is 5.91 Å². The van der Waals surface area contributed by atoms with Gasteiger partial charge in [-0.2, -0.15) is 0 Å². The fourth-order valence-corrected chi connectivity index (χ4v) is 4.07. The van der Waals surface area contributed by atoms with Gasteiger partial charge >= 0.3 is 5.69 Å². The number of aromatic nitrogens is 3. The quantitative estimate of drug-likeness (QED) is 0.861. The third-order valence-electron chi connectivity index (χ3n) is 5.44. The minimum atomic E-state index is -0.355. The molecule has 0 saturated carbocycles. The molecule has 1 saturated heterocycles. The van der Waals surface area contributed by atoms with Crippen molar-refractivity contribution in [3.05, 3.63) is 51.7 Å². The second kappa shape index (κ2) is 5.08. The van der Waals surface area contributed by atoms with Gasteiger partial charge in [0.05, 0.1) is 0 Å². The van der Waals surface area contributed by atoms with E-state index >= 15 is 0 Å². The van der Waals surface area contributed by atoms with E-state index < -0.39 is 0 Å². The van der Waals surface area contributed by atoms with Crippen LogP contribution in [-0.2, 0) is 18.9 Å². The lowest BCUT2D eigenvalue weighted by Crippen LogP contribution is -2.44. The first-order valence-corrected chi connectivity index (χ1v) is 8.10. The lowest BCUT2D eigenvalue weighted by Gasteiger charge is -2.39. The number of amides is 1. The number of carbonyl (C=O) groups excluding carboxylic acids is 1. The van der Waals surface area contributed by atoms with Gasteiger partial charge in [-0.05, 0) is 42.2 Å². The molecule has 6 nitrogen and oxygen atoms in total. The number of hydrogen-bond donors (Lipinski definition) is 1. The standard InChI is InChI=1S/C17H20N4O2/c1-20-16(23)18-14(19-20)15(22)21-10-8-17(9-11-21)7-6-12-4-2-3-5-13(12)17/h2-5H,6-11H2,1H3,(H,18,19,23). The number of aromatic amines is 1. The zero-order valence-corrected chi connectivity index (χ0v) is 13.2. The first-order chi connectivity index (χ1) is 11.1. The molecule has 1 aromatic carbocycles. The lowest BCUT2D eigenvalue weighted by molar-refractivity contribution is 0.0653. The molecule has 1 spiro atoms. The Hall–Kier alpha value is -2.37. The molecule has 23 heavy (non-hydrogen) atoms. The Labute approximate surface area is 134 Å². The molecule has 1 aliphatic carbocycles. The summed E-state index contributed by atoms with van der Waals surface area (Å²) < 4.78 is 1.16. The predicted molar refractivity (Wildman–Crippen MR) is 85.4 cm³/mol. The third kappa shape index (κ3) is 2.20. The summed E-state index contributed by atoms with van der Waals surface area (Å²) in [5, 5.41) is 3.97. The highest BCUT2D eigenvalue weighted by Gasteiger charge is 2.42. The molecule has 1 amide bonds. The minimum Gasteiger partial charge on any atom is -0.336 e. The number of H-pyrrole nitrogens is 1. The molecule has 120 valence electrons. The monoisotopic (exact) mass is 312 g/mol. The number of aryl methyl sites for hydroxylation is 2. The normalized spacial score (nSPS) is 19.1. The number of nitrogens with one attached hydrogen (secondary N) is 1. The average Bonchev–Trinajstić information content (AvgIpc) is 3.10. The molecule has 1 fully saturated rings. The van der Waals surface area contributed by atoms with Crippen molar-refractivity contribution < 1.29 is 4.79 Å². The van der Waals surface area contributed by atoms with Crippen molar-refractivity contribution in [3.8, 4) is 0 Å². The van der Waals surface area contributed by atoms with Gasteiger partial charge in [0.1, 0.15) is 0 Å². The number of piperidine rings is 1. The molecular weight excluding hydrogens is 292 g/mol. The molecule has 1 aromatic heterocycles. The molecule has 0 atom stereocenters. The van der Waals surface area contributed by atoms with Gasteiger partial charge in [-0.3, -0.25) is 9.78 Å². The van der Waals surface area contributed by atoms with Crippen LogP contribution in [0.15, 0.2) is 29.1 Å². The Kier molecular flexibility index (Phi) is 3.14. The highest BCUT2D eigenvalue weighted by atomic mass is 16.2. The summed E-state index contributed by atoms with van der Waals surface area (Å²) in [6.07, 6.45) is 4.27. The Morgan fingerprint density at radius 2 is 1.96 bits per heavy atom. The summed E-state index contributed by atoms with van der Waals surface area (Å²) in [6, 6.07) is 8.69. The Balaban J connectivity index is 1.52. The third-order valence-corrected chi connectivity index (χ3v) is 5.44. The van der Waals surface area contributed by atoms with Crippen LogP contribution in [0.5, 0.6) is 0 Å². The van der Waals surface area contributed by atoms with Crippen LogP contribution in [0.2, 0.25) is 0 Å². The maximum atomic E-state index is 12.5. The summed E-state index contributed by atoms with van der Waals surface area (Å²) in [5.74, 6) is -0.0379. The molecule has 2 heterocycles. The highest BCUT2D eigenvalue weighted by molar-refractivity contribution is 5.90. The maximum Gasteiger partial charge on any atom is 0.343 e. The first-order valence-electron chi connectivity index (χ1n) is 8.10. The van der Waals surface area contributed by atoms with Crippen LogP contribution in [0.25, 0.3) is 0 Å². The van der Waals surface area contributed by atoms with Crippen LogP contribution < -0.4 is 5.69 Å². The van der Waals surface area contributed by atoms with E-state index in [1.54, 1.807) is 0 Å². The summed E-state index contributed by atoms with van der Waals surface area (Å²) in [7, 11) is 1.54. The maximum absolute atomic E-state index is 12.5. The van der Waals surface area contributed by atoms with Gasteiger partial charge in [-0.15, -0.1) is 5.10 Å². The van der Waals surface area contributed by atoms with Gasteiger partial charge in [0.25, 0.3) is 5.91 Å². The SMILES string of the molecule is Cn1nc(C(=O)N2CCC3(CCc4ccccc43)CC2)[nH]c1=O. The summed E-state index contributed by atoms with van der Waals surface area (Å²) in [4.78, 5) is 28.3. The van der Waals surface area contributed by atoms with E-state index in [1.807, 2.05) is 4.90 Å². The fraction of sp³-hybridized carbons (Fsp3) is 0.471. The van der Waals surface area contributed by atoms with Crippen molar-refractivity contribution in [2.45, 2.75) is 31.1 Å². The van der Waals surface area contributed by atoms with Crippen LogP contribution in [0.1, 0.15) is 41.0 Å². The van der Waals surface area contributed by atoms with Gasteiger partial charge in [-0.25, -0.2) is 9.48 Å². The molecule has 0 radical (unpaired) electrons. The number of likely N-dealkylation sites (tertiary alicyclic amines) is 1. The van der Waals surface area contributed by atoms with E-state index in [2.05, 4.69) is 34.3 Å². The van der Waals surface area contributed by atoms with Crippen molar-refractivity contribution in [2.24, 2.45) is 7.05 Å². The molecule has 1 aliphatic heterocycles. The summed E-state index contributed by atoms with van der Waals surface area (Å²) in [5.41, 5.74) is 2.80. The van der Waals surface area contributed by atoms with E-state index in [-0.39, 0.29) is 22.8 Å². The summed E-state index contributed by atoms with van der Waals surface area (Å²) in [6.45, 7) is 1.43. The number of benzene rings is 1. The molecular formula is C17H20N4O2. The van der Waals surface area contributed by atoms with Crippen LogP contribution in [0, 0.1) is 0 Å². The first kappa shape index (κ1) is 14.2. The van der Waals surface area contributed by atoms with Crippen LogP contribution in [-0.4, -0.2) is 38.7 Å². The van der Waals surface area contributed by atoms with Gasteiger partial charge in [0.2, 0.25) is 5.82 Å². The van der Waals surface area contributed by atoms with Crippen molar-refractivity contribution in [3.63, 3.8) is 0 Å². The largest absolute Gasteiger partial charge is 0.343 e. The Bertz CT molecular complexity index is 812. The molecule has 1 N–H and O–H groups in total. The Morgan fingerprint density at radius 1 is 1.22 bits per heavy atom. The second-order valence-electron chi connectivity index (χ2n) is 6.63. The zero-order chi connectivity index (χ0) is 16.0. The van der Waals surface area contributed by atoms with E-state index in [1.165, 1.54) is 24.6 Å². The average molecular weight is 312 g/mol. The van der Waals surface area contributed by atoms with Crippen LogP contribution >= 0.6 is 0 Å². The summed E-state index contributed by atoms with van der Waals surface area (Å²) >= 11 is 0. The van der Waals surface area contributed by atoms with Gasteiger partial charge < -0.3 is 4.90 Å². The lowest BCUT2D eigenvalue weighted by atomic mass is 9.74. The second-order valence-corrected chi connectivity index (χ2v) is 6.63. The number of rotatable bonds is 1. The minimum absolute atomic E-state index is 0.139. The molecule has 0 unspecified atom stereocenters. The predicted octanol–water partition coefficient (Wildman–Crippen LogP) is 1.23. The van der Waals surface area contributed by atoms with Gasteiger partial charge in [0, 0.05) is 20.1 Å². The van der Waals surface area contributed by atoms with Gasteiger partial charge in [0.15, 0.2) is 0 Å². The number of hydrogen-bond acceptors (Lipinski definition) is 3. The zero-order valence-electron chi connectivity index (χ0n) is 13.2. The molecule has 6 heteroatoms. The number of carbonyl (C=O) groups is 1. The van der Waals surface area contributed by atoms with Crippen molar-refractivity contribution in [1.82, 2.24) is 19.7 Å². The molecule has 4 rings (SSSR count). The van der Waals surface area contributed by atoms with E-state index in [0.29, 0.717) is 13.1 Å². The topological polar surface area (TPSA) is 71.0 Å². The number of fused-ring (bicyclic) bond motifs is 2. The highest BCUT2D eigenvalue weighted by Crippen LogP contribution is 2.46. The Morgan fingerprint density at radius 3 is 2.65 bits per heavy atom. The van der Waals surface area contributed by atoms with Crippen LogP contribution in [0.3, 0.4) is 0 Å². The van der Waals surface area contributed by atoms with E-state index in [4.69, 9.17) is 0 Å².